The zero-order valence-electron chi connectivity index (χ0n) is 10.1. The number of nitrogens with one attached hydrogen (secondary N) is 2. The van der Waals surface area contributed by atoms with Gasteiger partial charge in [0.25, 0.3) is 5.69 Å². The third-order valence-corrected chi connectivity index (χ3v) is 2.75. The van der Waals surface area contributed by atoms with Gasteiger partial charge in [0, 0.05) is 31.8 Å². The van der Waals surface area contributed by atoms with E-state index in [0.29, 0.717) is 0 Å². The van der Waals surface area contributed by atoms with Crippen molar-refractivity contribution >= 4 is 11.6 Å². The van der Waals surface area contributed by atoms with Gasteiger partial charge in [0.1, 0.15) is 0 Å². The summed E-state index contributed by atoms with van der Waals surface area (Å²) in [7, 11) is 0. The Labute approximate surface area is 105 Å². The maximum Gasteiger partial charge on any atom is 0.269 e. The first-order valence-corrected chi connectivity index (χ1v) is 6.01. The van der Waals surface area contributed by atoms with Crippen molar-refractivity contribution < 1.29 is 4.92 Å². The highest BCUT2D eigenvalue weighted by Gasteiger charge is 2.05. The molecule has 2 N–H and O–H groups in total. The molecule has 0 spiro atoms. The van der Waals surface area contributed by atoms with Crippen molar-refractivity contribution in [1.29, 1.82) is 0 Å². The topological polar surface area (TPSA) is 79.6 Å². The van der Waals surface area contributed by atoms with Crippen LogP contribution in [0, 0.1) is 10.1 Å². The lowest BCUT2D eigenvalue weighted by Gasteiger charge is -2.15. The highest BCUT2D eigenvalue weighted by atomic mass is 16.6. The van der Waals surface area contributed by atoms with Crippen LogP contribution >= 0.6 is 0 Å². The smallest absolute Gasteiger partial charge is 0.269 e. The molecular formula is C12H16N4O2. The number of nitro groups is 1. The fourth-order valence-corrected chi connectivity index (χ4v) is 1.76. The van der Waals surface area contributed by atoms with Crippen LogP contribution in [0.15, 0.2) is 29.3 Å². The second-order valence-electron chi connectivity index (χ2n) is 4.11. The summed E-state index contributed by atoms with van der Waals surface area (Å²) >= 11 is 0. The van der Waals surface area contributed by atoms with Gasteiger partial charge in [-0.15, -0.1) is 0 Å². The molecule has 0 aliphatic carbocycles. The predicted octanol–water partition coefficient (Wildman–Crippen LogP) is 1.08. The molecular weight excluding hydrogens is 232 g/mol. The summed E-state index contributed by atoms with van der Waals surface area (Å²) in [5.41, 5.74) is 1.20. The van der Waals surface area contributed by atoms with Crippen LogP contribution in [0.2, 0.25) is 0 Å². The number of nitrogens with zero attached hydrogens (tertiary/aromatic N) is 2. The third kappa shape index (κ3) is 3.44. The van der Waals surface area contributed by atoms with Gasteiger partial charge < -0.3 is 10.6 Å². The highest BCUT2D eigenvalue weighted by Crippen LogP contribution is 2.11. The molecule has 0 bridgehead atoms. The number of non-ortho nitro benzene ring substituents is 1. The Kier molecular flexibility index (Phi) is 4.11. The fourth-order valence-electron chi connectivity index (χ4n) is 1.76. The molecule has 1 heterocycles. The number of rotatable bonds is 4. The number of benzene rings is 1. The second-order valence-corrected chi connectivity index (χ2v) is 4.11. The quantitative estimate of drug-likeness (QED) is 0.617. The van der Waals surface area contributed by atoms with Gasteiger partial charge in [-0.05, 0) is 18.4 Å². The normalized spacial score (nSPS) is 14.6. The molecule has 0 fully saturated rings. The zero-order valence-corrected chi connectivity index (χ0v) is 10.1. The average Bonchev–Trinajstić information content (AvgIpc) is 2.40. The van der Waals surface area contributed by atoms with E-state index in [1.54, 1.807) is 12.1 Å². The molecule has 0 saturated carbocycles. The Balaban J connectivity index is 1.79. The van der Waals surface area contributed by atoms with Gasteiger partial charge in [-0.3, -0.25) is 15.1 Å². The summed E-state index contributed by atoms with van der Waals surface area (Å²) in [5, 5.41) is 16.9. The van der Waals surface area contributed by atoms with Crippen molar-refractivity contribution in [3.8, 4) is 0 Å². The van der Waals surface area contributed by atoms with Crippen molar-refractivity contribution in [3.05, 3.63) is 39.9 Å². The van der Waals surface area contributed by atoms with Gasteiger partial charge in [-0.1, -0.05) is 12.1 Å². The molecule has 0 saturated heterocycles. The average molecular weight is 248 g/mol. The van der Waals surface area contributed by atoms with E-state index in [9.17, 15) is 10.1 Å². The maximum atomic E-state index is 10.5. The molecule has 6 nitrogen and oxygen atoms in total. The minimum Gasteiger partial charge on any atom is -0.356 e. The summed E-state index contributed by atoms with van der Waals surface area (Å²) < 4.78 is 0. The lowest BCUT2D eigenvalue weighted by atomic mass is 10.1. The number of guanidine groups is 1. The summed E-state index contributed by atoms with van der Waals surface area (Å²) in [4.78, 5) is 14.4. The molecule has 2 rings (SSSR count). The second kappa shape index (κ2) is 6.00. The Morgan fingerprint density at radius 1 is 1.39 bits per heavy atom. The van der Waals surface area contributed by atoms with Crippen LogP contribution in [0.3, 0.4) is 0 Å². The summed E-state index contributed by atoms with van der Waals surface area (Å²) in [6.45, 7) is 2.60. The number of nitro benzene ring substituents is 1. The lowest BCUT2D eigenvalue weighted by molar-refractivity contribution is -0.384. The molecule has 1 aromatic carbocycles. The van der Waals surface area contributed by atoms with Crippen LogP contribution in [0.25, 0.3) is 0 Å². The molecule has 6 heteroatoms. The van der Waals surface area contributed by atoms with Gasteiger partial charge in [0.2, 0.25) is 0 Å². The van der Waals surface area contributed by atoms with Crippen molar-refractivity contribution in [3.63, 3.8) is 0 Å². The van der Waals surface area contributed by atoms with E-state index in [1.807, 2.05) is 0 Å². The molecule has 0 unspecified atom stereocenters. The first-order valence-electron chi connectivity index (χ1n) is 6.01. The van der Waals surface area contributed by atoms with E-state index in [1.165, 1.54) is 12.1 Å². The first kappa shape index (κ1) is 12.3. The summed E-state index contributed by atoms with van der Waals surface area (Å²) in [6, 6.07) is 6.64. The third-order valence-electron chi connectivity index (χ3n) is 2.75. The minimum atomic E-state index is -0.386. The molecule has 18 heavy (non-hydrogen) atoms. The van der Waals surface area contributed by atoms with Crippen LogP contribution < -0.4 is 10.6 Å². The van der Waals surface area contributed by atoms with Crippen LogP contribution in [-0.2, 0) is 6.42 Å². The predicted molar refractivity (Wildman–Crippen MR) is 69.7 cm³/mol. The molecule has 1 aliphatic heterocycles. The van der Waals surface area contributed by atoms with Gasteiger partial charge >= 0.3 is 0 Å². The van der Waals surface area contributed by atoms with Crippen molar-refractivity contribution in [2.45, 2.75) is 12.8 Å². The van der Waals surface area contributed by atoms with E-state index < -0.39 is 0 Å². The van der Waals surface area contributed by atoms with Gasteiger partial charge in [0.15, 0.2) is 5.96 Å². The Morgan fingerprint density at radius 2 is 2.17 bits per heavy atom. The Bertz CT molecular complexity index is 442. The standard InChI is InChI=1S/C12H16N4O2/c17-16(18)11-4-2-10(3-5-11)6-9-15-12-13-7-1-8-14-12/h2-5H,1,6-9H2,(H2,13,14,15). The van der Waals surface area contributed by atoms with Crippen LogP contribution in [-0.4, -0.2) is 30.5 Å². The molecule has 0 radical (unpaired) electrons. The molecule has 96 valence electrons. The minimum absolute atomic E-state index is 0.130. The number of hydrogen-bond donors (Lipinski definition) is 2. The summed E-state index contributed by atoms with van der Waals surface area (Å²) in [6.07, 6.45) is 1.90. The zero-order chi connectivity index (χ0) is 12.8. The van der Waals surface area contributed by atoms with E-state index >= 15 is 0 Å². The van der Waals surface area contributed by atoms with E-state index in [0.717, 1.165) is 44.0 Å². The molecule has 1 aromatic rings. The molecule has 0 amide bonds. The van der Waals surface area contributed by atoms with Crippen LogP contribution in [0.1, 0.15) is 12.0 Å². The van der Waals surface area contributed by atoms with Gasteiger partial charge in [-0.2, -0.15) is 0 Å². The number of hydrogen-bond acceptors (Lipinski definition) is 5. The summed E-state index contributed by atoms with van der Waals surface area (Å²) in [5.74, 6) is 0.850. The Morgan fingerprint density at radius 3 is 2.78 bits per heavy atom. The first-order chi connectivity index (χ1) is 8.75. The monoisotopic (exact) mass is 248 g/mol. The number of aliphatic imine (C=N–C) groups is 1. The highest BCUT2D eigenvalue weighted by molar-refractivity contribution is 5.80. The molecule has 0 aromatic heterocycles. The maximum absolute atomic E-state index is 10.5. The molecule has 0 atom stereocenters. The lowest BCUT2D eigenvalue weighted by Crippen LogP contribution is -2.41. The SMILES string of the molecule is O=[N+]([O-])c1ccc(CCNC2=NCCCN2)cc1. The van der Waals surface area contributed by atoms with Crippen molar-refractivity contribution in [2.75, 3.05) is 19.6 Å². The Hall–Kier alpha value is -2.11. The van der Waals surface area contributed by atoms with E-state index in [4.69, 9.17) is 0 Å². The van der Waals surface area contributed by atoms with E-state index in [2.05, 4.69) is 15.6 Å². The van der Waals surface area contributed by atoms with Crippen molar-refractivity contribution in [1.82, 2.24) is 10.6 Å². The largest absolute Gasteiger partial charge is 0.356 e. The van der Waals surface area contributed by atoms with E-state index in [-0.39, 0.29) is 10.6 Å². The van der Waals surface area contributed by atoms with Crippen LogP contribution in [0.4, 0.5) is 5.69 Å². The van der Waals surface area contributed by atoms with Gasteiger partial charge in [0.05, 0.1) is 4.92 Å². The van der Waals surface area contributed by atoms with Crippen LogP contribution in [0.5, 0.6) is 0 Å². The molecule has 1 aliphatic rings. The fraction of sp³-hybridized carbons (Fsp3) is 0.417. The van der Waals surface area contributed by atoms with Crippen molar-refractivity contribution in [2.24, 2.45) is 4.99 Å². The van der Waals surface area contributed by atoms with Gasteiger partial charge in [-0.25, -0.2) is 0 Å².